The topological polar surface area (TPSA) is 84.6 Å². The summed E-state index contributed by atoms with van der Waals surface area (Å²) in [6.07, 6.45) is 0. The van der Waals surface area contributed by atoms with Gasteiger partial charge in [-0.1, -0.05) is 11.6 Å². The van der Waals surface area contributed by atoms with Crippen molar-refractivity contribution in [1.29, 1.82) is 0 Å². The summed E-state index contributed by atoms with van der Waals surface area (Å²) in [5.41, 5.74) is 7.91. The molecule has 1 aromatic rings. The number of nitrogens with two attached hydrogens (primary N) is 1. The third-order valence-corrected chi connectivity index (χ3v) is 1.86. The van der Waals surface area contributed by atoms with Gasteiger partial charge in [-0.25, -0.2) is 0 Å². The second-order valence-corrected chi connectivity index (χ2v) is 3.29. The molecule has 5 nitrogen and oxygen atoms in total. The Bertz CT molecular complexity index is 357. The lowest BCUT2D eigenvalue weighted by Crippen LogP contribution is -2.24. The molecule has 0 saturated heterocycles. The van der Waals surface area contributed by atoms with Crippen LogP contribution in [-0.2, 0) is 16.2 Å². The Hall–Kier alpha value is -1.30. The van der Waals surface area contributed by atoms with Crippen LogP contribution >= 0.6 is 11.6 Å². The normalized spacial score (nSPS) is 10.2. The zero-order valence-electron chi connectivity index (χ0n) is 7.87. The third kappa shape index (κ3) is 4.16. The van der Waals surface area contributed by atoms with Gasteiger partial charge >= 0.3 is 0 Å². The first-order valence-corrected chi connectivity index (χ1v) is 4.57. The van der Waals surface area contributed by atoms with Crippen molar-refractivity contribution in [2.24, 2.45) is 5.73 Å². The number of phenolic OH excluding ortho intramolecular Hbond substituents is 1. The Morgan fingerprint density at radius 2 is 2.33 bits per heavy atom. The lowest BCUT2D eigenvalue weighted by atomic mass is 10.2. The average molecular weight is 231 g/mol. The van der Waals surface area contributed by atoms with Crippen molar-refractivity contribution in [3.63, 3.8) is 0 Å². The van der Waals surface area contributed by atoms with E-state index in [1.807, 2.05) is 0 Å². The van der Waals surface area contributed by atoms with Crippen LogP contribution in [0, 0.1) is 0 Å². The van der Waals surface area contributed by atoms with Gasteiger partial charge in [0.25, 0.3) is 0 Å². The number of halogens is 1. The van der Waals surface area contributed by atoms with Crippen molar-refractivity contribution >= 4 is 17.5 Å². The van der Waals surface area contributed by atoms with Crippen molar-refractivity contribution in [2.45, 2.75) is 6.54 Å². The van der Waals surface area contributed by atoms with E-state index < -0.39 is 5.91 Å². The smallest absolute Gasteiger partial charge is 0.245 e. The maximum atomic E-state index is 10.3. The number of benzene rings is 1. The predicted molar refractivity (Wildman–Crippen MR) is 55.1 cm³/mol. The molecule has 1 rings (SSSR count). The van der Waals surface area contributed by atoms with Crippen molar-refractivity contribution < 1.29 is 14.7 Å². The van der Waals surface area contributed by atoms with Crippen LogP contribution in [-0.4, -0.2) is 17.6 Å². The Morgan fingerprint density at radius 3 is 3.00 bits per heavy atom. The van der Waals surface area contributed by atoms with Crippen molar-refractivity contribution in [3.8, 4) is 5.75 Å². The molecule has 0 atom stereocenters. The van der Waals surface area contributed by atoms with Crippen molar-refractivity contribution in [2.75, 3.05) is 6.61 Å². The van der Waals surface area contributed by atoms with Gasteiger partial charge in [0.05, 0.1) is 0 Å². The zero-order chi connectivity index (χ0) is 11.3. The number of amides is 1. The molecule has 0 heterocycles. The highest BCUT2D eigenvalue weighted by molar-refractivity contribution is 6.30. The van der Waals surface area contributed by atoms with Gasteiger partial charge in [0.1, 0.15) is 12.4 Å². The van der Waals surface area contributed by atoms with Crippen molar-refractivity contribution in [3.05, 3.63) is 28.8 Å². The number of carbonyl (C=O) groups excluding carboxylic acids is 1. The van der Waals surface area contributed by atoms with E-state index in [1.54, 1.807) is 12.1 Å². The van der Waals surface area contributed by atoms with Crippen LogP contribution in [0.15, 0.2) is 18.2 Å². The van der Waals surface area contributed by atoms with E-state index >= 15 is 0 Å². The second kappa shape index (κ2) is 5.55. The van der Waals surface area contributed by atoms with E-state index in [4.69, 9.17) is 22.2 Å². The number of carbonyl (C=O) groups is 1. The summed E-state index contributed by atoms with van der Waals surface area (Å²) < 4.78 is 0. The Labute approximate surface area is 91.7 Å². The largest absolute Gasteiger partial charge is 0.508 e. The van der Waals surface area contributed by atoms with Gasteiger partial charge in [0.2, 0.25) is 5.91 Å². The monoisotopic (exact) mass is 230 g/mol. The number of hydroxylamine groups is 1. The fraction of sp³-hybridized carbons (Fsp3) is 0.222. The Balaban J connectivity index is 2.43. The lowest BCUT2D eigenvalue weighted by Gasteiger charge is -2.06. The van der Waals surface area contributed by atoms with Crippen LogP contribution in [0.3, 0.4) is 0 Å². The molecule has 0 aliphatic rings. The second-order valence-electron chi connectivity index (χ2n) is 2.85. The standard InChI is InChI=1S/C9H11ClN2O3/c10-7-1-2-8(13)6(3-7)4-12-15-5-9(11)14/h1-3,12-13H,4-5H2,(H2,11,14). The number of primary amides is 1. The first kappa shape index (κ1) is 11.8. The fourth-order valence-electron chi connectivity index (χ4n) is 0.947. The molecule has 15 heavy (non-hydrogen) atoms. The molecular formula is C9H11ClN2O3. The number of nitrogens with one attached hydrogen (secondary N) is 1. The highest BCUT2D eigenvalue weighted by Crippen LogP contribution is 2.20. The first-order chi connectivity index (χ1) is 7.09. The molecule has 0 aliphatic carbocycles. The molecule has 0 radical (unpaired) electrons. The average Bonchev–Trinajstić information content (AvgIpc) is 2.17. The quantitative estimate of drug-likeness (QED) is 0.510. The van der Waals surface area contributed by atoms with Gasteiger partial charge in [0.15, 0.2) is 0 Å². The van der Waals surface area contributed by atoms with Crippen LogP contribution in [0.4, 0.5) is 0 Å². The summed E-state index contributed by atoms with van der Waals surface area (Å²) in [5.74, 6) is -0.465. The Morgan fingerprint density at radius 1 is 1.60 bits per heavy atom. The van der Waals surface area contributed by atoms with Crippen molar-refractivity contribution in [1.82, 2.24) is 5.48 Å². The van der Waals surface area contributed by atoms with Crippen LogP contribution in [0.1, 0.15) is 5.56 Å². The molecule has 0 aliphatic heterocycles. The first-order valence-electron chi connectivity index (χ1n) is 4.20. The highest BCUT2D eigenvalue weighted by Gasteiger charge is 2.02. The number of rotatable bonds is 5. The molecule has 1 aromatic carbocycles. The SMILES string of the molecule is NC(=O)CONCc1cc(Cl)ccc1O. The fourth-order valence-corrected chi connectivity index (χ4v) is 1.14. The molecule has 1 amide bonds. The summed E-state index contributed by atoms with van der Waals surface area (Å²) in [5, 5.41) is 9.91. The minimum absolute atomic E-state index is 0.106. The summed E-state index contributed by atoms with van der Waals surface area (Å²) in [7, 11) is 0. The van der Waals surface area contributed by atoms with E-state index in [2.05, 4.69) is 5.48 Å². The van der Waals surface area contributed by atoms with Crippen LogP contribution in [0.25, 0.3) is 0 Å². The third-order valence-electron chi connectivity index (χ3n) is 1.62. The number of hydrogen-bond acceptors (Lipinski definition) is 4. The number of aromatic hydroxyl groups is 1. The van der Waals surface area contributed by atoms with E-state index in [0.717, 1.165) is 0 Å². The molecule has 0 aromatic heterocycles. The molecule has 0 bridgehead atoms. The molecule has 0 unspecified atom stereocenters. The van der Waals surface area contributed by atoms with Crippen LogP contribution in [0.5, 0.6) is 5.75 Å². The van der Waals surface area contributed by atoms with Gasteiger partial charge in [0, 0.05) is 17.1 Å². The van der Waals surface area contributed by atoms with E-state index in [9.17, 15) is 9.90 Å². The molecule has 0 saturated carbocycles. The highest BCUT2D eigenvalue weighted by atomic mass is 35.5. The number of hydrogen-bond donors (Lipinski definition) is 3. The number of phenols is 1. The summed E-state index contributed by atoms with van der Waals surface area (Å²) in [6, 6.07) is 4.65. The maximum Gasteiger partial charge on any atom is 0.245 e. The maximum absolute atomic E-state index is 10.3. The minimum atomic E-state index is -0.571. The summed E-state index contributed by atoms with van der Waals surface area (Å²) in [6.45, 7) is 0.0149. The van der Waals surface area contributed by atoms with Gasteiger partial charge in [-0.05, 0) is 18.2 Å². The molecular weight excluding hydrogens is 220 g/mol. The van der Waals surface area contributed by atoms with Crippen LogP contribution < -0.4 is 11.2 Å². The van der Waals surface area contributed by atoms with E-state index in [1.165, 1.54) is 6.07 Å². The summed E-state index contributed by atoms with van der Waals surface area (Å²) >= 11 is 5.73. The summed E-state index contributed by atoms with van der Waals surface area (Å²) in [4.78, 5) is 15.0. The van der Waals surface area contributed by atoms with E-state index in [0.29, 0.717) is 10.6 Å². The van der Waals surface area contributed by atoms with Gasteiger partial charge < -0.3 is 10.8 Å². The predicted octanol–water partition coefficient (Wildman–Crippen LogP) is 0.552. The van der Waals surface area contributed by atoms with Gasteiger partial charge in [-0.3, -0.25) is 9.63 Å². The van der Waals surface area contributed by atoms with Crippen LogP contribution in [0.2, 0.25) is 5.02 Å². The Kier molecular flexibility index (Phi) is 4.36. The molecule has 82 valence electrons. The zero-order valence-corrected chi connectivity index (χ0v) is 8.62. The minimum Gasteiger partial charge on any atom is -0.508 e. The molecule has 0 fully saturated rings. The van der Waals surface area contributed by atoms with Gasteiger partial charge in [-0.2, -0.15) is 5.48 Å². The van der Waals surface area contributed by atoms with Gasteiger partial charge in [-0.15, -0.1) is 0 Å². The molecule has 0 spiro atoms. The van der Waals surface area contributed by atoms with E-state index in [-0.39, 0.29) is 18.9 Å². The molecule has 4 N–H and O–H groups in total. The molecule has 6 heteroatoms. The lowest BCUT2D eigenvalue weighted by molar-refractivity contribution is -0.125.